The standard InChI is InChI=1S/C14H17N3OS/c15-14-16-11-6-5-10(9-12(11)19-14)13(18)17-7-3-1-2-4-8-17/h5-6,9H,1-4,7-8H2,(H2,15,16). The number of hydrogen-bond donors (Lipinski definition) is 1. The lowest BCUT2D eigenvalue weighted by molar-refractivity contribution is 0.0762. The van der Waals surface area contributed by atoms with Gasteiger partial charge in [0.15, 0.2) is 5.13 Å². The Morgan fingerprint density at radius 1 is 1.21 bits per heavy atom. The minimum atomic E-state index is 0.135. The SMILES string of the molecule is Nc1nc2ccc(C(=O)N3CCCCCC3)cc2s1. The summed E-state index contributed by atoms with van der Waals surface area (Å²) in [5.41, 5.74) is 7.31. The number of amides is 1. The van der Waals surface area contributed by atoms with Crippen LogP contribution in [0.5, 0.6) is 0 Å². The summed E-state index contributed by atoms with van der Waals surface area (Å²) in [7, 11) is 0. The van der Waals surface area contributed by atoms with E-state index in [1.807, 2.05) is 23.1 Å². The largest absolute Gasteiger partial charge is 0.375 e. The van der Waals surface area contributed by atoms with E-state index in [4.69, 9.17) is 5.73 Å². The molecule has 1 fully saturated rings. The second-order valence-electron chi connectivity index (χ2n) is 4.94. The van der Waals surface area contributed by atoms with Crippen molar-refractivity contribution in [1.82, 2.24) is 9.88 Å². The van der Waals surface area contributed by atoms with Crippen LogP contribution in [-0.4, -0.2) is 28.9 Å². The van der Waals surface area contributed by atoms with E-state index in [1.54, 1.807) is 0 Å². The molecule has 0 atom stereocenters. The van der Waals surface area contributed by atoms with Gasteiger partial charge in [-0.05, 0) is 31.0 Å². The Bertz CT molecular complexity index is 600. The van der Waals surface area contributed by atoms with Crippen molar-refractivity contribution in [2.75, 3.05) is 18.8 Å². The molecule has 1 amide bonds. The van der Waals surface area contributed by atoms with Crippen LogP contribution in [0, 0.1) is 0 Å². The molecule has 1 aliphatic heterocycles. The minimum absolute atomic E-state index is 0.135. The number of aromatic nitrogens is 1. The number of nitrogen functional groups attached to an aromatic ring is 1. The molecule has 0 radical (unpaired) electrons. The van der Waals surface area contributed by atoms with E-state index >= 15 is 0 Å². The van der Waals surface area contributed by atoms with Crippen LogP contribution in [0.1, 0.15) is 36.0 Å². The molecule has 0 saturated carbocycles. The van der Waals surface area contributed by atoms with E-state index in [1.165, 1.54) is 24.2 Å². The summed E-state index contributed by atoms with van der Waals surface area (Å²) in [6, 6.07) is 5.65. The summed E-state index contributed by atoms with van der Waals surface area (Å²) < 4.78 is 0.984. The second kappa shape index (κ2) is 5.17. The van der Waals surface area contributed by atoms with Crippen molar-refractivity contribution in [3.8, 4) is 0 Å². The molecular weight excluding hydrogens is 258 g/mol. The third kappa shape index (κ3) is 2.56. The number of hydrogen-bond acceptors (Lipinski definition) is 4. The van der Waals surface area contributed by atoms with Gasteiger partial charge in [-0.25, -0.2) is 4.98 Å². The van der Waals surface area contributed by atoms with E-state index < -0.39 is 0 Å². The van der Waals surface area contributed by atoms with Crippen molar-refractivity contribution < 1.29 is 4.79 Å². The number of nitrogens with zero attached hydrogens (tertiary/aromatic N) is 2. The van der Waals surface area contributed by atoms with Crippen LogP contribution in [0.15, 0.2) is 18.2 Å². The molecule has 0 aliphatic carbocycles. The number of likely N-dealkylation sites (tertiary alicyclic amines) is 1. The van der Waals surface area contributed by atoms with E-state index in [2.05, 4.69) is 4.98 Å². The number of thiazole rings is 1. The third-order valence-corrected chi connectivity index (χ3v) is 4.39. The number of anilines is 1. The van der Waals surface area contributed by atoms with Gasteiger partial charge in [-0.15, -0.1) is 0 Å². The fourth-order valence-corrected chi connectivity index (χ4v) is 3.31. The average molecular weight is 275 g/mol. The molecule has 19 heavy (non-hydrogen) atoms. The topological polar surface area (TPSA) is 59.2 Å². The third-order valence-electron chi connectivity index (χ3n) is 3.55. The first-order valence-electron chi connectivity index (χ1n) is 6.69. The highest BCUT2D eigenvalue weighted by Crippen LogP contribution is 2.25. The predicted molar refractivity (Wildman–Crippen MR) is 78.4 cm³/mol. The second-order valence-corrected chi connectivity index (χ2v) is 6.00. The smallest absolute Gasteiger partial charge is 0.253 e. The van der Waals surface area contributed by atoms with Crippen LogP contribution in [0.25, 0.3) is 10.2 Å². The molecule has 1 aromatic carbocycles. The minimum Gasteiger partial charge on any atom is -0.375 e. The molecule has 5 heteroatoms. The van der Waals surface area contributed by atoms with Crippen molar-refractivity contribution in [2.45, 2.75) is 25.7 Å². The zero-order valence-electron chi connectivity index (χ0n) is 10.8. The molecule has 2 aromatic rings. The highest BCUT2D eigenvalue weighted by molar-refractivity contribution is 7.22. The lowest BCUT2D eigenvalue weighted by Gasteiger charge is -2.20. The van der Waals surface area contributed by atoms with Crippen LogP contribution >= 0.6 is 11.3 Å². The van der Waals surface area contributed by atoms with Gasteiger partial charge in [0.1, 0.15) is 0 Å². The Hall–Kier alpha value is -1.62. The van der Waals surface area contributed by atoms with Gasteiger partial charge < -0.3 is 10.6 Å². The van der Waals surface area contributed by atoms with Gasteiger partial charge >= 0.3 is 0 Å². The summed E-state index contributed by atoms with van der Waals surface area (Å²) >= 11 is 1.43. The normalized spacial score (nSPS) is 16.5. The molecule has 3 rings (SSSR count). The molecular formula is C14H17N3OS. The number of carbonyl (C=O) groups excluding carboxylic acids is 1. The van der Waals surface area contributed by atoms with Crippen molar-refractivity contribution in [1.29, 1.82) is 0 Å². The maximum absolute atomic E-state index is 12.5. The zero-order chi connectivity index (χ0) is 13.2. The first-order valence-corrected chi connectivity index (χ1v) is 7.51. The first-order chi connectivity index (χ1) is 9.24. The highest BCUT2D eigenvalue weighted by atomic mass is 32.1. The van der Waals surface area contributed by atoms with Crippen molar-refractivity contribution in [2.24, 2.45) is 0 Å². The van der Waals surface area contributed by atoms with Gasteiger partial charge in [0.05, 0.1) is 10.2 Å². The molecule has 0 spiro atoms. The quantitative estimate of drug-likeness (QED) is 0.870. The first kappa shape index (κ1) is 12.4. The van der Waals surface area contributed by atoms with Crippen LogP contribution in [0.3, 0.4) is 0 Å². The number of nitrogens with two attached hydrogens (primary N) is 1. The monoisotopic (exact) mass is 275 g/mol. The lowest BCUT2D eigenvalue weighted by atomic mass is 10.2. The van der Waals surface area contributed by atoms with E-state index in [0.717, 1.165) is 41.7 Å². The Kier molecular flexibility index (Phi) is 3.38. The molecule has 0 unspecified atom stereocenters. The molecule has 100 valence electrons. The van der Waals surface area contributed by atoms with Gasteiger partial charge in [0.2, 0.25) is 0 Å². The van der Waals surface area contributed by atoms with Crippen LogP contribution in [-0.2, 0) is 0 Å². The highest BCUT2D eigenvalue weighted by Gasteiger charge is 2.17. The molecule has 2 N–H and O–H groups in total. The van der Waals surface area contributed by atoms with Gasteiger partial charge in [0, 0.05) is 18.7 Å². The van der Waals surface area contributed by atoms with Gasteiger partial charge in [-0.2, -0.15) is 0 Å². The number of carbonyl (C=O) groups is 1. The maximum atomic E-state index is 12.5. The van der Waals surface area contributed by atoms with Gasteiger partial charge in [-0.3, -0.25) is 4.79 Å². The Balaban J connectivity index is 1.87. The summed E-state index contributed by atoms with van der Waals surface area (Å²) in [5, 5.41) is 0.550. The molecule has 4 nitrogen and oxygen atoms in total. The van der Waals surface area contributed by atoms with Crippen molar-refractivity contribution >= 4 is 32.6 Å². The summed E-state index contributed by atoms with van der Waals surface area (Å²) in [4.78, 5) is 18.7. The Morgan fingerprint density at radius 2 is 1.95 bits per heavy atom. The van der Waals surface area contributed by atoms with E-state index in [9.17, 15) is 4.79 Å². The molecule has 1 saturated heterocycles. The van der Waals surface area contributed by atoms with Crippen LogP contribution in [0.2, 0.25) is 0 Å². The average Bonchev–Trinajstić information content (AvgIpc) is 2.63. The van der Waals surface area contributed by atoms with Crippen molar-refractivity contribution in [3.05, 3.63) is 23.8 Å². The number of rotatable bonds is 1. The van der Waals surface area contributed by atoms with Crippen molar-refractivity contribution in [3.63, 3.8) is 0 Å². The number of fused-ring (bicyclic) bond motifs is 1. The number of benzene rings is 1. The van der Waals surface area contributed by atoms with Crippen LogP contribution in [0.4, 0.5) is 5.13 Å². The zero-order valence-corrected chi connectivity index (χ0v) is 11.6. The van der Waals surface area contributed by atoms with E-state index in [-0.39, 0.29) is 5.91 Å². The lowest BCUT2D eigenvalue weighted by Crippen LogP contribution is -2.31. The fraction of sp³-hybridized carbons (Fsp3) is 0.429. The predicted octanol–water partition coefficient (Wildman–Crippen LogP) is 2.89. The summed E-state index contributed by atoms with van der Waals surface area (Å²) in [5.74, 6) is 0.135. The molecule has 1 aliphatic rings. The molecule has 0 bridgehead atoms. The molecule has 1 aromatic heterocycles. The van der Waals surface area contributed by atoms with Gasteiger partial charge in [-0.1, -0.05) is 24.2 Å². The summed E-state index contributed by atoms with van der Waals surface area (Å²) in [6.07, 6.45) is 4.69. The maximum Gasteiger partial charge on any atom is 0.253 e. The Labute approximate surface area is 116 Å². The van der Waals surface area contributed by atoms with Gasteiger partial charge in [0.25, 0.3) is 5.91 Å². The van der Waals surface area contributed by atoms with Crippen LogP contribution < -0.4 is 5.73 Å². The Morgan fingerprint density at radius 3 is 2.68 bits per heavy atom. The summed E-state index contributed by atoms with van der Waals surface area (Å²) in [6.45, 7) is 1.75. The van der Waals surface area contributed by atoms with E-state index in [0.29, 0.717) is 5.13 Å². The fourth-order valence-electron chi connectivity index (χ4n) is 2.53. The molecule has 2 heterocycles.